The van der Waals surface area contributed by atoms with Crippen molar-refractivity contribution >= 4 is 5.91 Å². The lowest BCUT2D eigenvalue weighted by atomic mass is 9.83. The molecule has 14 N–H and O–H groups in total. The molecule has 44 heavy (non-hydrogen) atoms. The van der Waals surface area contributed by atoms with Crippen LogP contribution in [0.25, 0.3) is 0 Å². The van der Waals surface area contributed by atoms with Gasteiger partial charge < -0.3 is 77.6 Å². The van der Waals surface area contributed by atoms with E-state index in [4.69, 9.17) is 36.1 Å². The number of rotatable bonds is 12. The van der Waals surface area contributed by atoms with E-state index >= 15 is 0 Å². The summed E-state index contributed by atoms with van der Waals surface area (Å²) >= 11 is 0. The Bertz CT molecular complexity index is 967. The van der Waals surface area contributed by atoms with E-state index in [9.17, 15) is 30.3 Å². The first-order chi connectivity index (χ1) is 20.8. The highest BCUT2D eigenvalue weighted by atomic mass is 16.7. The molecular formula is C28H52N6O10. The molecule has 16 nitrogen and oxygen atoms in total. The average molecular weight is 633 g/mol. The number of ether oxygens (including phenoxy) is 4. The Kier molecular flexibility index (Phi) is 12.4. The van der Waals surface area contributed by atoms with Gasteiger partial charge in [-0.15, -0.1) is 0 Å². The van der Waals surface area contributed by atoms with Crippen molar-refractivity contribution in [2.45, 2.75) is 118 Å². The van der Waals surface area contributed by atoms with Gasteiger partial charge in [0.2, 0.25) is 5.91 Å². The van der Waals surface area contributed by atoms with Gasteiger partial charge in [-0.05, 0) is 58.2 Å². The SMILES string of the molecule is CN[C@@H]1[C@@H](O)[C@@H](O[C@@H]2[C@@H](O)[C@H](O[C@@H]3CCC=C(CNC[C@H]4C[C@@H](N)[C@@H](O)C4)O3)[C@@H](N)C[C@H]2NC(=O)[C@@H](O)CN)OC[C@]1(C)O. The average Bonchev–Trinajstić information content (AvgIpc) is 3.30. The summed E-state index contributed by atoms with van der Waals surface area (Å²) in [7, 11) is 1.58. The maximum atomic E-state index is 12.6. The Balaban J connectivity index is 1.40. The topological polar surface area (TPSA) is 269 Å². The van der Waals surface area contributed by atoms with Crippen LogP contribution in [-0.2, 0) is 23.7 Å². The molecule has 1 saturated heterocycles. The van der Waals surface area contributed by atoms with E-state index in [-0.39, 0.29) is 31.5 Å². The second kappa shape index (κ2) is 15.4. The van der Waals surface area contributed by atoms with Crippen molar-refractivity contribution in [1.82, 2.24) is 16.0 Å². The lowest BCUT2D eigenvalue weighted by Crippen LogP contribution is -2.69. The van der Waals surface area contributed by atoms with Gasteiger partial charge in [-0.2, -0.15) is 0 Å². The van der Waals surface area contributed by atoms with E-state index in [0.717, 1.165) is 6.42 Å². The summed E-state index contributed by atoms with van der Waals surface area (Å²) in [6.45, 7) is 2.18. The van der Waals surface area contributed by atoms with E-state index in [2.05, 4.69) is 16.0 Å². The molecule has 2 heterocycles. The lowest BCUT2D eigenvalue weighted by molar-refractivity contribution is -0.303. The summed E-state index contributed by atoms with van der Waals surface area (Å²) in [6, 6.07) is -2.67. The summed E-state index contributed by atoms with van der Waals surface area (Å²) in [5.74, 6) is 0.197. The number of hydrogen-bond acceptors (Lipinski definition) is 15. The Hall–Kier alpha value is -1.51. The van der Waals surface area contributed by atoms with E-state index in [1.807, 2.05) is 6.08 Å². The second-order valence-electron chi connectivity index (χ2n) is 12.7. The smallest absolute Gasteiger partial charge is 0.250 e. The molecule has 1 amide bonds. The Morgan fingerprint density at radius 3 is 2.55 bits per heavy atom. The minimum absolute atomic E-state index is 0.0950. The molecule has 0 aromatic heterocycles. The minimum Gasteiger partial charge on any atom is -0.468 e. The zero-order valence-corrected chi connectivity index (χ0v) is 25.5. The highest BCUT2D eigenvalue weighted by Crippen LogP contribution is 2.32. The molecule has 2 aliphatic carbocycles. The number of aliphatic hydroxyl groups excluding tert-OH is 4. The Morgan fingerprint density at radius 2 is 1.89 bits per heavy atom. The zero-order chi connectivity index (χ0) is 32.2. The van der Waals surface area contributed by atoms with Crippen LogP contribution in [0.4, 0.5) is 0 Å². The van der Waals surface area contributed by atoms with Crippen LogP contribution >= 0.6 is 0 Å². The van der Waals surface area contributed by atoms with Crippen molar-refractivity contribution in [1.29, 1.82) is 0 Å². The van der Waals surface area contributed by atoms with Crippen LogP contribution in [-0.4, -0.2) is 144 Å². The summed E-state index contributed by atoms with van der Waals surface area (Å²) in [5.41, 5.74) is 16.4. The van der Waals surface area contributed by atoms with Gasteiger partial charge in [0, 0.05) is 25.0 Å². The molecule has 0 aromatic carbocycles. The van der Waals surface area contributed by atoms with Gasteiger partial charge in [0.05, 0.1) is 31.3 Å². The highest BCUT2D eigenvalue weighted by Gasteiger charge is 2.51. The number of allylic oxidation sites excluding steroid dienone is 1. The van der Waals surface area contributed by atoms with Crippen LogP contribution in [0.15, 0.2) is 11.8 Å². The molecule has 0 unspecified atom stereocenters. The van der Waals surface area contributed by atoms with Crippen LogP contribution in [0.1, 0.15) is 39.0 Å². The van der Waals surface area contributed by atoms with E-state index in [1.165, 1.54) is 6.92 Å². The predicted molar refractivity (Wildman–Crippen MR) is 156 cm³/mol. The lowest BCUT2D eigenvalue weighted by Gasteiger charge is -2.48. The maximum absolute atomic E-state index is 12.6. The van der Waals surface area contributed by atoms with Crippen LogP contribution in [0.3, 0.4) is 0 Å². The summed E-state index contributed by atoms with van der Waals surface area (Å²) in [5, 5.41) is 61.8. The number of carbonyl (C=O) groups excluding carboxylic acids is 1. The fourth-order valence-electron chi connectivity index (χ4n) is 6.61. The minimum atomic E-state index is -1.48. The molecule has 3 fully saturated rings. The van der Waals surface area contributed by atoms with Gasteiger partial charge in [0.25, 0.3) is 0 Å². The van der Waals surface area contributed by atoms with Crippen molar-refractivity contribution < 1.29 is 49.3 Å². The largest absolute Gasteiger partial charge is 0.468 e. The Labute approximate surface area is 257 Å². The normalized spacial score (nSPS) is 43.6. The molecule has 2 aliphatic heterocycles. The molecule has 4 aliphatic rings. The van der Waals surface area contributed by atoms with Gasteiger partial charge in [0.1, 0.15) is 41.9 Å². The van der Waals surface area contributed by atoms with Gasteiger partial charge in [-0.25, -0.2) is 0 Å². The first-order valence-electron chi connectivity index (χ1n) is 15.5. The molecule has 0 spiro atoms. The van der Waals surface area contributed by atoms with Crippen molar-refractivity contribution in [2.24, 2.45) is 23.1 Å². The van der Waals surface area contributed by atoms with Crippen LogP contribution in [0.5, 0.6) is 0 Å². The third-order valence-corrected chi connectivity index (χ3v) is 9.08. The number of amides is 1. The monoisotopic (exact) mass is 632 g/mol. The maximum Gasteiger partial charge on any atom is 0.250 e. The van der Waals surface area contributed by atoms with Crippen molar-refractivity contribution in [3.05, 3.63) is 11.8 Å². The molecule has 4 rings (SSSR count). The van der Waals surface area contributed by atoms with Crippen LogP contribution in [0.2, 0.25) is 0 Å². The van der Waals surface area contributed by atoms with Crippen LogP contribution < -0.4 is 33.2 Å². The molecule has 2 saturated carbocycles. The number of nitrogens with two attached hydrogens (primary N) is 3. The van der Waals surface area contributed by atoms with Gasteiger partial charge in [-0.3, -0.25) is 4.79 Å². The summed E-state index contributed by atoms with van der Waals surface area (Å²) in [6.07, 6.45) is -4.17. The van der Waals surface area contributed by atoms with Gasteiger partial charge >= 0.3 is 0 Å². The number of likely N-dealkylation sites (N-methyl/N-ethyl adjacent to an activating group) is 1. The third kappa shape index (κ3) is 8.44. The first kappa shape index (κ1) is 35.3. The molecule has 14 atom stereocenters. The molecule has 254 valence electrons. The quantitative estimate of drug-likeness (QED) is 0.0966. The zero-order valence-electron chi connectivity index (χ0n) is 25.5. The third-order valence-electron chi connectivity index (χ3n) is 9.08. The van der Waals surface area contributed by atoms with Crippen LogP contribution in [0, 0.1) is 5.92 Å². The first-order valence-corrected chi connectivity index (χ1v) is 15.5. The number of aliphatic hydroxyl groups is 5. The molecular weight excluding hydrogens is 580 g/mol. The molecule has 0 aromatic rings. The number of carbonyl (C=O) groups is 1. The second-order valence-corrected chi connectivity index (χ2v) is 12.7. The van der Waals surface area contributed by atoms with Gasteiger partial charge in [-0.1, -0.05) is 0 Å². The summed E-state index contributed by atoms with van der Waals surface area (Å²) < 4.78 is 24.0. The fraction of sp³-hybridized carbons (Fsp3) is 0.893. The van der Waals surface area contributed by atoms with E-state index in [1.54, 1.807) is 7.05 Å². The van der Waals surface area contributed by atoms with E-state index in [0.29, 0.717) is 38.1 Å². The molecule has 0 bridgehead atoms. The highest BCUT2D eigenvalue weighted by molar-refractivity contribution is 5.81. The van der Waals surface area contributed by atoms with E-state index < -0.39 is 78.8 Å². The standard InChI is InChI=1S/C28H52N6O10/c1-28(40)12-41-27(22(38)25(28)32-2)44-24-17(34-26(39)19(36)9-29)8-16(31)23(21(24)37)43-20-5-3-4-14(42-20)11-33-10-13-6-15(30)18(35)7-13/h4,13,15-25,27,32-33,35-38,40H,3,5-12,29-31H2,1-2H3,(H,34,39)/t13-,15+,16-,17+,18-,19-,20+,21-,22+,23+,24-,25+,27+,28-/m0/s1. The number of hydrogen-bond donors (Lipinski definition) is 11. The summed E-state index contributed by atoms with van der Waals surface area (Å²) in [4.78, 5) is 12.6. The molecule has 0 radical (unpaired) electrons. The molecule has 16 heteroatoms. The Morgan fingerprint density at radius 1 is 1.14 bits per heavy atom. The van der Waals surface area contributed by atoms with Gasteiger partial charge in [0.15, 0.2) is 12.6 Å². The number of nitrogens with one attached hydrogen (secondary N) is 3. The van der Waals surface area contributed by atoms with Crippen molar-refractivity contribution in [3.8, 4) is 0 Å². The predicted octanol–water partition coefficient (Wildman–Crippen LogP) is -4.58. The van der Waals surface area contributed by atoms with Crippen molar-refractivity contribution in [3.63, 3.8) is 0 Å². The fourth-order valence-corrected chi connectivity index (χ4v) is 6.61. The van der Waals surface area contributed by atoms with Crippen molar-refractivity contribution in [2.75, 3.05) is 33.3 Å².